The lowest BCUT2D eigenvalue weighted by Crippen LogP contribution is -2.19. The standard InChI is InChI=1S/C10H15BrS/c1-8(11)6-10(2,3)9-4-5-12-7-9/h4-5,7-8H,6H2,1-3H3. The van der Waals surface area contributed by atoms with Gasteiger partial charge < -0.3 is 0 Å². The maximum atomic E-state index is 3.60. The molecule has 68 valence electrons. The van der Waals surface area contributed by atoms with Crippen molar-refractivity contribution < 1.29 is 0 Å². The van der Waals surface area contributed by atoms with E-state index in [4.69, 9.17) is 0 Å². The Morgan fingerprint density at radius 2 is 2.25 bits per heavy atom. The molecule has 0 radical (unpaired) electrons. The highest BCUT2D eigenvalue weighted by atomic mass is 79.9. The molecule has 1 aromatic heterocycles. The van der Waals surface area contributed by atoms with Gasteiger partial charge >= 0.3 is 0 Å². The van der Waals surface area contributed by atoms with Gasteiger partial charge in [-0.2, -0.15) is 11.3 Å². The van der Waals surface area contributed by atoms with Crippen LogP contribution in [-0.2, 0) is 5.41 Å². The van der Waals surface area contributed by atoms with Crippen LogP contribution in [0.1, 0.15) is 32.8 Å². The van der Waals surface area contributed by atoms with E-state index in [-0.39, 0.29) is 0 Å². The largest absolute Gasteiger partial charge is 0.152 e. The van der Waals surface area contributed by atoms with Gasteiger partial charge in [-0.15, -0.1) is 0 Å². The predicted molar refractivity (Wildman–Crippen MR) is 60.4 cm³/mol. The summed E-state index contributed by atoms with van der Waals surface area (Å²) in [6.07, 6.45) is 1.18. The van der Waals surface area contributed by atoms with Crippen LogP contribution in [0.5, 0.6) is 0 Å². The molecule has 0 aromatic carbocycles. The molecule has 0 aliphatic carbocycles. The van der Waals surface area contributed by atoms with Crippen molar-refractivity contribution in [1.82, 2.24) is 0 Å². The van der Waals surface area contributed by atoms with Crippen LogP contribution in [0.3, 0.4) is 0 Å². The Labute approximate surface area is 87.1 Å². The third kappa shape index (κ3) is 2.60. The van der Waals surface area contributed by atoms with Gasteiger partial charge in [-0.05, 0) is 34.2 Å². The van der Waals surface area contributed by atoms with Gasteiger partial charge in [-0.25, -0.2) is 0 Å². The molecular formula is C10H15BrS. The van der Waals surface area contributed by atoms with E-state index in [0.29, 0.717) is 10.2 Å². The molecule has 1 aromatic rings. The van der Waals surface area contributed by atoms with Crippen molar-refractivity contribution in [3.8, 4) is 0 Å². The zero-order valence-electron chi connectivity index (χ0n) is 7.80. The van der Waals surface area contributed by atoms with Crippen LogP contribution >= 0.6 is 27.3 Å². The van der Waals surface area contributed by atoms with Crippen LogP contribution in [0.4, 0.5) is 0 Å². The normalized spacial score (nSPS) is 14.7. The maximum Gasteiger partial charge on any atom is 0.0125 e. The topological polar surface area (TPSA) is 0 Å². The molecule has 1 unspecified atom stereocenters. The van der Waals surface area contributed by atoms with Crippen LogP contribution < -0.4 is 0 Å². The first-order valence-electron chi connectivity index (χ1n) is 4.19. The van der Waals surface area contributed by atoms with Crippen molar-refractivity contribution in [1.29, 1.82) is 0 Å². The fraction of sp³-hybridized carbons (Fsp3) is 0.600. The van der Waals surface area contributed by atoms with Crippen LogP contribution in [0, 0.1) is 0 Å². The highest BCUT2D eigenvalue weighted by Gasteiger charge is 2.22. The average Bonchev–Trinajstić information content (AvgIpc) is 2.32. The number of hydrogen-bond donors (Lipinski definition) is 0. The first-order valence-corrected chi connectivity index (χ1v) is 6.05. The van der Waals surface area contributed by atoms with Gasteiger partial charge in [0.25, 0.3) is 0 Å². The molecule has 2 heteroatoms. The summed E-state index contributed by atoms with van der Waals surface area (Å²) < 4.78 is 0. The Hall–Kier alpha value is 0.180. The van der Waals surface area contributed by atoms with Gasteiger partial charge in [0.05, 0.1) is 0 Å². The van der Waals surface area contributed by atoms with E-state index < -0.39 is 0 Å². The van der Waals surface area contributed by atoms with Crippen LogP contribution in [0.25, 0.3) is 0 Å². The molecule has 1 heterocycles. The summed E-state index contributed by atoms with van der Waals surface area (Å²) in [5.74, 6) is 0. The van der Waals surface area contributed by atoms with Gasteiger partial charge in [0.2, 0.25) is 0 Å². The maximum absolute atomic E-state index is 3.60. The molecule has 0 N–H and O–H groups in total. The van der Waals surface area contributed by atoms with E-state index in [0.717, 1.165) is 0 Å². The van der Waals surface area contributed by atoms with Crippen LogP contribution in [-0.4, -0.2) is 4.83 Å². The van der Waals surface area contributed by atoms with Gasteiger partial charge in [0.1, 0.15) is 0 Å². The monoisotopic (exact) mass is 246 g/mol. The second-order valence-electron chi connectivity index (χ2n) is 3.88. The summed E-state index contributed by atoms with van der Waals surface area (Å²) in [4.78, 5) is 0.590. The first-order chi connectivity index (χ1) is 5.52. The third-order valence-corrected chi connectivity index (χ3v) is 3.10. The number of rotatable bonds is 3. The molecule has 0 aliphatic heterocycles. The number of hydrogen-bond acceptors (Lipinski definition) is 1. The molecule has 0 nitrogen and oxygen atoms in total. The molecule has 0 aliphatic rings. The molecule has 0 amide bonds. The van der Waals surface area contributed by atoms with Crippen LogP contribution in [0.15, 0.2) is 16.8 Å². The lowest BCUT2D eigenvalue weighted by Gasteiger charge is -2.25. The number of halogens is 1. The fourth-order valence-electron chi connectivity index (χ4n) is 1.47. The van der Waals surface area contributed by atoms with Crippen molar-refractivity contribution in [3.05, 3.63) is 22.4 Å². The highest BCUT2D eigenvalue weighted by Crippen LogP contribution is 2.31. The van der Waals surface area contributed by atoms with Crippen molar-refractivity contribution in [2.75, 3.05) is 0 Å². The Kier molecular flexibility index (Phi) is 3.36. The number of thiophene rings is 1. The highest BCUT2D eigenvalue weighted by molar-refractivity contribution is 9.09. The summed E-state index contributed by atoms with van der Waals surface area (Å²) in [5, 5.41) is 4.39. The Bertz CT molecular complexity index is 224. The van der Waals surface area contributed by atoms with Crippen molar-refractivity contribution >= 4 is 27.3 Å². The zero-order chi connectivity index (χ0) is 9.19. The Balaban J connectivity index is 2.72. The van der Waals surface area contributed by atoms with E-state index in [1.165, 1.54) is 12.0 Å². The van der Waals surface area contributed by atoms with Crippen molar-refractivity contribution in [2.24, 2.45) is 0 Å². The zero-order valence-corrected chi connectivity index (χ0v) is 10.2. The minimum absolute atomic E-state index is 0.308. The van der Waals surface area contributed by atoms with Crippen molar-refractivity contribution in [2.45, 2.75) is 37.4 Å². The van der Waals surface area contributed by atoms with E-state index in [1.54, 1.807) is 11.3 Å². The van der Waals surface area contributed by atoms with Crippen molar-refractivity contribution in [3.63, 3.8) is 0 Å². The third-order valence-electron chi connectivity index (χ3n) is 2.09. The second-order valence-corrected chi connectivity index (χ2v) is 6.22. The average molecular weight is 247 g/mol. The second kappa shape index (κ2) is 3.93. The summed E-state index contributed by atoms with van der Waals surface area (Å²) in [5.41, 5.74) is 1.77. The minimum Gasteiger partial charge on any atom is -0.152 e. The molecular weight excluding hydrogens is 232 g/mol. The minimum atomic E-state index is 0.308. The number of alkyl halides is 1. The van der Waals surface area contributed by atoms with E-state index >= 15 is 0 Å². The lowest BCUT2D eigenvalue weighted by molar-refractivity contribution is 0.484. The lowest BCUT2D eigenvalue weighted by atomic mass is 9.82. The molecule has 0 saturated heterocycles. The van der Waals surface area contributed by atoms with Gasteiger partial charge in [0, 0.05) is 4.83 Å². The molecule has 12 heavy (non-hydrogen) atoms. The van der Waals surface area contributed by atoms with Crippen LogP contribution in [0.2, 0.25) is 0 Å². The molecule has 0 saturated carbocycles. The quantitative estimate of drug-likeness (QED) is 0.702. The Morgan fingerprint density at radius 1 is 1.58 bits per heavy atom. The molecule has 0 fully saturated rings. The van der Waals surface area contributed by atoms with Gasteiger partial charge in [-0.3, -0.25) is 0 Å². The molecule has 1 atom stereocenters. The Morgan fingerprint density at radius 3 is 2.67 bits per heavy atom. The molecule has 1 rings (SSSR count). The summed E-state index contributed by atoms with van der Waals surface area (Å²) in [6, 6.07) is 2.22. The first kappa shape index (κ1) is 10.3. The summed E-state index contributed by atoms with van der Waals surface area (Å²) in [6.45, 7) is 6.80. The van der Waals surface area contributed by atoms with E-state index in [2.05, 4.69) is 53.5 Å². The van der Waals surface area contributed by atoms with Gasteiger partial charge in [-0.1, -0.05) is 36.7 Å². The smallest absolute Gasteiger partial charge is 0.0125 e. The summed E-state index contributed by atoms with van der Waals surface area (Å²) >= 11 is 5.38. The predicted octanol–water partition coefficient (Wildman–Crippen LogP) is 4.20. The summed E-state index contributed by atoms with van der Waals surface area (Å²) in [7, 11) is 0. The SMILES string of the molecule is CC(Br)CC(C)(C)c1ccsc1. The molecule has 0 spiro atoms. The van der Waals surface area contributed by atoms with E-state index in [1.807, 2.05) is 0 Å². The fourth-order valence-corrected chi connectivity index (χ4v) is 3.13. The molecule has 0 bridgehead atoms. The van der Waals surface area contributed by atoms with E-state index in [9.17, 15) is 0 Å². The van der Waals surface area contributed by atoms with Gasteiger partial charge in [0.15, 0.2) is 0 Å².